The average molecular weight is 267 g/mol. The number of aromatic nitrogens is 2. The summed E-state index contributed by atoms with van der Waals surface area (Å²) < 4.78 is 7.85. The molecule has 2 heterocycles. The van der Waals surface area contributed by atoms with E-state index in [2.05, 4.69) is 21.4 Å². The third-order valence-electron chi connectivity index (χ3n) is 3.84. The monoisotopic (exact) mass is 267 g/mol. The molecular weight excluding hydrogens is 242 g/mol. The van der Waals surface area contributed by atoms with E-state index in [-0.39, 0.29) is 12.2 Å². The van der Waals surface area contributed by atoms with Crippen LogP contribution in [0, 0.1) is 13.8 Å². The fraction of sp³-hybridized carbons (Fsp3) is 0.786. The lowest BCUT2D eigenvalue weighted by Crippen LogP contribution is -2.29. The molecule has 1 aromatic heterocycles. The van der Waals surface area contributed by atoms with E-state index in [1.807, 2.05) is 27.8 Å². The molecule has 0 unspecified atom stereocenters. The van der Waals surface area contributed by atoms with Gasteiger partial charge in [0.05, 0.1) is 30.6 Å². The number of likely N-dealkylation sites (tertiary alicyclic amines) is 1. The molecule has 5 heteroatoms. The summed E-state index contributed by atoms with van der Waals surface area (Å²) in [6.45, 7) is 10.3. The van der Waals surface area contributed by atoms with E-state index >= 15 is 0 Å². The van der Waals surface area contributed by atoms with Crippen molar-refractivity contribution < 1.29 is 9.84 Å². The SMILES string of the molecule is Cc1nc(CN2C[C@H](OC(C)C)[C@@H](O)C2)n(C)c1C. The van der Waals surface area contributed by atoms with Gasteiger partial charge in [0.1, 0.15) is 5.82 Å². The fourth-order valence-electron chi connectivity index (χ4n) is 2.57. The maximum Gasteiger partial charge on any atom is 0.123 e. The average Bonchev–Trinajstić information content (AvgIpc) is 2.76. The van der Waals surface area contributed by atoms with E-state index in [0.717, 1.165) is 24.6 Å². The van der Waals surface area contributed by atoms with Crippen molar-refractivity contribution in [3.63, 3.8) is 0 Å². The first kappa shape index (κ1) is 14.5. The number of ether oxygens (including phenoxy) is 1. The summed E-state index contributed by atoms with van der Waals surface area (Å²) in [7, 11) is 2.04. The second kappa shape index (κ2) is 5.61. The number of rotatable bonds is 4. The van der Waals surface area contributed by atoms with Crippen molar-refractivity contribution in [3.8, 4) is 0 Å². The molecule has 5 nitrogen and oxygen atoms in total. The summed E-state index contributed by atoms with van der Waals surface area (Å²) in [4.78, 5) is 6.79. The molecule has 0 amide bonds. The molecule has 1 N–H and O–H groups in total. The molecule has 1 fully saturated rings. The highest BCUT2D eigenvalue weighted by Gasteiger charge is 2.33. The maximum atomic E-state index is 10.0. The van der Waals surface area contributed by atoms with Crippen molar-refractivity contribution in [2.75, 3.05) is 13.1 Å². The molecule has 0 aliphatic carbocycles. The molecule has 1 aromatic rings. The van der Waals surface area contributed by atoms with Gasteiger partial charge >= 0.3 is 0 Å². The lowest BCUT2D eigenvalue weighted by Gasteiger charge is -2.18. The minimum absolute atomic E-state index is 0.0811. The van der Waals surface area contributed by atoms with Gasteiger partial charge in [-0.2, -0.15) is 0 Å². The molecule has 108 valence electrons. The molecule has 0 aromatic carbocycles. The van der Waals surface area contributed by atoms with E-state index in [9.17, 15) is 5.11 Å². The van der Waals surface area contributed by atoms with Crippen LogP contribution < -0.4 is 0 Å². The Kier molecular flexibility index (Phi) is 4.28. The molecule has 2 rings (SSSR count). The molecule has 0 spiro atoms. The van der Waals surface area contributed by atoms with Gasteiger partial charge < -0.3 is 14.4 Å². The number of hydrogen-bond acceptors (Lipinski definition) is 4. The molecule has 19 heavy (non-hydrogen) atoms. The Hall–Kier alpha value is -0.910. The molecule has 1 aliphatic heterocycles. The minimum Gasteiger partial charge on any atom is -0.389 e. The van der Waals surface area contributed by atoms with E-state index in [0.29, 0.717) is 6.54 Å². The van der Waals surface area contributed by atoms with Gasteiger partial charge in [-0.25, -0.2) is 4.98 Å². The van der Waals surface area contributed by atoms with Crippen LogP contribution in [0.15, 0.2) is 0 Å². The highest BCUT2D eigenvalue weighted by Crippen LogP contribution is 2.18. The highest BCUT2D eigenvalue weighted by atomic mass is 16.5. The quantitative estimate of drug-likeness (QED) is 0.884. The standard InChI is InChI=1S/C14H25N3O2/c1-9(2)19-13-7-17(6-12(13)18)8-14-15-10(3)11(4)16(14)5/h9,12-13,18H,6-8H2,1-5H3/t12-,13-/m0/s1. The topological polar surface area (TPSA) is 50.5 Å². The Labute approximate surface area is 115 Å². The number of nitrogens with zero attached hydrogens (tertiary/aromatic N) is 3. The summed E-state index contributed by atoms with van der Waals surface area (Å²) in [5.41, 5.74) is 2.27. The van der Waals surface area contributed by atoms with Gasteiger partial charge in [-0.05, 0) is 27.7 Å². The van der Waals surface area contributed by atoms with E-state index in [1.165, 1.54) is 5.69 Å². The normalized spacial score (nSPS) is 24.6. The third-order valence-corrected chi connectivity index (χ3v) is 3.84. The van der Waals surface area contributed by atoms with Gasteiger partial charge in [0.25, 0.3) is 0 Å². The molecule has 0 saturated carbocycles. The number of β-amino-alcohol motifs (C(OH)–C–C–N with tert-alkyl or cyclic N) is 1. The Morgan fingerprint density at radius 3 is 2.58 bits per heavy atom. The highest BCUT2D eigenvalue weighted by molar-refractivity contribution is 5.13. The first-order valence-corrected chi connectivity index (χ1v) is 6.93. The lowest BCUT2D eigenvalue weighted by molar-refractivity contribution is -0.0396. The van der Waals surface area contributed by atoms with Gasteiger partial charge in [-0.1, -0.05) is 0 Å². The van der Waals surface area contributed by atoms with Crippen LogP contribution in [-0.4, -0.2) is 51.0 Å². The van der Waals surface area contributed by atoms with Crippen LogP contribution >= 0.6 is 0 Å². The van der Waals surface area contributed by atoms with Crippen LogP contribution in [0.5, 0.6) is 0 Å². The second-order valence-electron chi connectivity index (χ2n) is 5.74. The van der Waals surface area contributed by atoms with Crippen molar-refractivity contribution in [2.45, 2.75) is 52.6 Å². The van der Waals surface area contributed by atoms with E-state index in [1.54, 1.807) is 0 Å². The largest absolute Gasteiger partial charge is 0.389 e. The minimum atomic E-state index is -0.398. The predicted octanol–water partition coefficient (Wildman–Crippen LogP) is 1.01. The molecule has 0 bridgehead atoms. The van der Waals surface area contributed by atoms with Crippen molar-refractivity contribution in [2.24, 2.45) is 7.05 Å². The van der Waals surface area contributed by atoms with Crippen LogP contribution in [0.3, 0.4) is 0 Å². The first-order valence-electron chi connectivity index (χ1n) is 6.93. The zero-order chi connectivity index (χ0) is 14.2. The Morgan fingerprint density at radius 2 is 2.05 bits per heavy atom. The van der Waals surface area contributed by atoms with Gasteiger partial charge in [-0.3, -0.25) is 4.90 Å². The number of aryl methyl sites for hydroxylation is 1. The molecule has 0 radical (unpaired) electrons. The van der Waals surface area contributed by atoms with Gasteiger partial charge in [0, 0.05) is 25.8 Å². The second-order valence-corrected chi connectivity index (χ2v) is 5.74. The van der Waals surface area contributed by atoms with Crippen LogP contribution in [0.25, 0.3) is 0 Å². The predicted molar refractivity (Wildman–Crippen MR) is 74.0 cm³/mol. The van der Waals surface area contributed by atoms with Crippen molar-refractivity contribution in [1.29, 1.82) is 0 Å². The van der Waals surface area contributed by atoms with Crippen molar-refractivity contribution in [1.82, 2.24) is 14.5 Å². The van der Waals surface area contributed by atoms with Crippen LogP contribution in [0.4, 0.5) is 0 Å². The van der Waals surface area contributed by atoms with Crippen LogP contribution in [-0.2, 0) is 18.3 Å². The zero-order valence-corrected chi connectivity index (χ0v) is 12.6. The maximum absolute atomic E-state index is 10.0. The van der Waals surface area contributed by atoms with Crippen molar-refractivity contribution in [3.05, 3.63) is 17.2 Å². The number of imidazole rings is 1. The third kappa shape index (κ3) is 3.16. The Morgan fingerprint density at radius 1 is 1.37 bits per heavy atom. The molecule has 1 aliphatic rings. The lowest BCUT2D eigenvalue weighted by atomic mass is 10.2. The van der Waals surface area contributed by atoms with Crippen molar-refractivity contribution >= 4 is 0 Å². The summed E-state index contributed by atoms with van der Waals surface area (Å²) in [6.07, 6.45) is -0.329. The Bertz CT molecular complexity index is 442. The summed E-state index contributed by atoms with van der Waals surface area (Å²) in [5, 5.41) is 10.0. The Balaban J connectivity index is 1.99. The number of hydrogen-bond donors (Lipinski definition) is 1. The van der Waals surface area contributed by atoms with Gasteiger partial charge in [-0.15, -0.1) is 0 Å². The molecule has 2 atom stereocenters. The smallest absolute Gasteiger partial charge is 0.123 e. The first-order chi connectivity index (χ1) is 8.88. The molecule has 1 saturated heterocycles. The van der Waals surface area contributed by atoms with Crippen LogP contribution in [0.2, 0.25) is 0 Å². The fourth-order valence-corrected chi connectivity index (χ4v) is 2.57. The van der Waals surface area contributed by atoms with Gasteiger partial charge in [0.2, 0.25) is 0 Å². The van der Waals surface area contributed by atoms with Crippen LogP contribution in [0.1, 0.15) is 31.1 Å². The number of aliphatic hydroxyl groups excluding tert-OH is 1. The van der Waals surface area contributed by atoms with Gasteiger partial charge in [0.15, 0.2) is 0 Å². The summed E-state index contributed by atoms with van der Waals surface area (Å²) in [6, 6.07) is 0. The van der Waals surface area contributed by atoms with E-state index < -0.39 is 6.10 Å². The zero-order valence-electron chi connectivity index (χ0n) is 12.6. The molecular formula is C14H25N3O2. The number of aliphatic hydroxyl groups is 1. The summed E-state index contributed by atoms with van der Waals surface area (Å²) in [5.74, 6) is 1.05. The van der Waals surface area contributed by atoms with E-state index in [4.69, 9.17) is 4.74 Å². The summed E-state index contributed by atoms with van der Waals surface area (Å²) >= 11 is 0.